The number of alkyl carbamates (subject to hydrolysis) is 1. The molecule has 0 aliphatic carbocycles. The second-order valence-corrected chi connectivity index (χ2v) is 20.2. The van der Waals surface area contributed by atoms with Crippen molar-refractivity contribution in [2.45, 2.75) is 101 Å². The van der Waals surface area contributed by atoms with Gasteiger partial charge >= 0.3 is 6.09 Å². The summed E-state index contributed by atoms with van der Waals surface area (Å²) in [5.74, 6) is -2.49. The second-order valence-electron chi connectivity index (χ2n) is 17.3. The van der Waals surface area contributed by atoms with Gasteiger partial charge in [-0.3, -0.25) is 19.2 Å². The van der Waals surface area contributed by atoms with E-state index in [1.165, 1.54) is 6.07 Å². The van der Waals surface area contributed by atoms with Crippen molar-refractivity contribution in [1.82, 2.24) is 31.3 Å². The van der Waals surface area contributed by atoms with Crippen molar-refractivity contribution in [2.75, 3.05) is 32.1 Å². The Morgan fingerprint density at radius 2 is 1.09 bits per heavy atom. The second kappa shape index (κ2) is 25.2. The van der Waals surface area contributed by atoms with Gasteiger partial charge in [-0.05, 0) is 66.8 Å². The maximum atomic E-state index is 14.1. The maximum Gasteiger partial charge on any atom is 0.408 e. The van der Waals surface area contributed by atoms with Crippen LogP contribution in [-0.4, -0.2) is 88.8 Å². The number of carbonyl (C=O) groups is 5. The van der Waals surface area contributed by atoms with E-state index in [4.69, 9.17) is 4.74 Å². The summed E-state index contributed by atoms with van der Waals surface area (Å²) in [5.41, 5.74) is 1.65. The first-order valence-electron chi connectivity index (χ1n) is 21.9. The van der Waals surface area contributed by atoms with Crippen molar-refractivity contribution in [3.63, 3.8) is 0 Å². The molecule has 0 heterocycles. The fraction of sp³-hybridized carbons (Fsp3) is 0.438. The van der Waals surface area contributed by atoms with Crippen molar-refractivity contribution < 1.29 is 37.1 Å². The van der Waals surface area contributed by atoms with E-state index in [9.17, 15) is 32.4 Å². The Balaban J connectivity index is 1.45. The topological polar surface area (TPSA) is 204 Å². The minimum absolute atomic E-state index is 0.00629. The lowest BCUT2D eigenvalue weighted by atomic mass is 9.99. The quantitative estimate of drug-likeness (QED) is 0.0278. The first-order chi connectivity index (χ1) is 30.8. The maximum absolute atomic E-state index is 14.1. The monoisotopic (exact) mass is 931 g/mol. The number of carbonyl (C=O) groups excluding carboxylic acids is 5. The first-order valence-corrected chi connectivity index (χ1v) is 24.3. The lowest BCUT2D eigenvalue weighted by Gasteiger charge is -2.28. The number of hydrogen-bond donors (Lipinski definition) is 6. The Bertz CT molecular complexity index is 2310. The van der Waals surface area contributed by atoms with E-state index in [0.717, 1.165) is 28.4 Å². The van der Waals surface area contributed by atoms with Gasteiger partial charge in [0.05, 0.1) is 4.90 Å². The van der Waals surface area contributed by atoms with Gasteiger partial charge in [0.1, 0.15) is 24.7 Å². The molecule has 4 aromatic rings. The van der Waals surface area contributed by atoms with Gasteiger partial charge in [0, 0.05) is 48.5 Å². The highest BCUT2D eigenvalue weighted by Crippen LogP contribution is 2.30. The van der Waals surface area contributed by atoms with Crippen molar-refractivity contribution >= 4 is 68.0 Å². The van der Waals surface area contributed by atoms with Gasteiger partial charge in [0.15, 0.2) is 5.37 Å². The van der Waals surface area contributed by atoms with Crippen LogP contribution >= 0.6 is 11.8 Å². The predicted molar refractivity (Wildman–Crippen MR) is 256 cm³/mol. The molecule has 0 saturated carbocycles. The molecule has 4 rings (SSSR count). The van der Waals surface area contributed by atoms with Gasteiger partial charge in [0.2, 0.25) is 27.7 Å². The molecular weight excluding hydrogens is 867 g/mol. The molecule has 17 heteroatoms. The fourth-order valence-corrected chi connectivity index (χ4v) is 9.21. The van der Waals surface area contributed by atoms with Gasteiger partial charge in [-0.25, -0.2) is 17.9 Å². The smallest absolute Gasteiger partial charge is 0.408 e. The van der Waals surface area contributed by atoms with Crippen LogP contribution in [0.5, 0.6) is 0 Å². The fourth-order valence-electron chi connectivity index (χ4n) is 7.00. The first kappa shape index (κ1) is 52.0. The Morgan fingerprint density at radius 1 is 0.585 bits per heavy atom. The van der Waals surface area contributed by atoms with Gasteiger partial charge in [-0.1, -0.05) is 126 Å². The van der Waals surface area contributed by atoms with E-state index < -0.39 is 63.2 Å². The van der Waals surface area contributed by atoms with Crippen LogP contribution in [0.4, 0.5) is 10.5 Å². The molecule has 6 N–H and O–H groups in total. The third-order valence-corrected chi connectivity index (χ3v) is 12.7. The van der Waals surface area contributed by atoms with Crippen molar-refractivity contribution in [1.29, 1.82) is 0 Å². The van der Waals surface area contributed by atoms with Crippen LogP contribution in [-0.2, 0) is 40.5 Å². The Hall–Kier alpha value is -5.65. The number of amides is 5. The molecule has 0 bridgehead atoms. The van der Waals surface area contributed by atoms with E-state index >= 15 is 0 Å². The average molecular weight is 932 g/mol. The number of fused-ring (bicyclic) bond motifs is 1. The Kier molecular flexibility index (Phi) is 20.1. The molecule has 0 saturated heterocycles. The van der Waals surface area contributed by atoms with Crippen LogP contribution in [0, 0.1) is 17.8 Å². The van der Waals surface area contributed by atoms with E-state index in [-0.39, 0.29) is 61.6 Å². The summed E-state index contributed by atoms with van der Waals surface area (Å²) in [4.78, 5) is 71.3. The average Bonchev–Trinajstić information content (AvgIpc) is 3.25. The molecule has 65 heavy (non-hydrogen) atoms. The molecule has 4 atom stereocenters. The van der Waals surface area contributed by atoms with E-state index in [1.54, 1.807) is 42.5 Å². The molecular formula is C48H65N7O8S2. The van der Waals surface area contributed by atoms with E-state index in [1.807, 2.05) is 109 Å². The molecule has 2 unspecified atom stereocenters. The summed E-state index contributed by atoms with van der Waals surface area (Å²) >= 11 is 1.08. The SMILES string of the molecule is CC(C)CC(NC(=O)OCc1ccccc1)C(=O)N[C@@H](CC(C)C)C(=O)N[C@@H](CC(C)C)C(=O)NC(Sc1ccccc1)C(=O)NCCNS(=O)(=O)c1cccc2c(N(C)C)cccc12. The van der Waals surface area contributed by atoms with Crippen LogP contribution < -0.4 is 36.2 Å². The predicted octanol–water partition coefficient (Wildman–Crippen LogP) is 5.94. The summed E-state index contributed by atoms with van der Waals surface area (Å²) in [6.45, 7) is 11.2. The zero-order chi connectivity index (χ0) is 47.7. The molecule has 4 aromatic carbocycles. The van der Waals surface area contributed by atoms with E-state index in [0.29, 0.717) is 10.3 Å². The molecule has 15 nitrogen and oxygen atoms in total. The zero-order valence-corrected chi connectivity index (χ0v) is 40.2. The number of sulfonamides is 1. The normalized spacial score (nSPS) is 13.4. The minimum Gasteiger partial charge on any atom is -0.445 e. The molecule has 0 aromatic heterocycles. The standard InChI is InChI=1S/C48H65N7O8S2/c1-31(2)27-38(51-44(57)40(29-33(5)6)53-48(60)63-30-34-17-11-9-12-18-34)43(56)52-39(28-32(3)4)45(58)54-47(64-35-19-13-10-14-20-35)46(59)49-25-26-50-65(61,62)42-24-16-21-36-37(42)22-15-23-41(36)55(7)8/h9-24,31-33,38-40,47,50H,25-30H2,1-8H3,(H,49,59)(H,51,57)(H,52,56)(H,53,60)(H,54,58)/t38-,39-,40?,47?/m0/s1. The van der Waals surface area contributed by atoms with Crippen LogP contribution in [0.3, 0.4) is 0 Å². The highest BCUT2D eigenvalue weighted by molar-refractivity contribution is 8.00. The van der Waals surface area contributed by atoms with Gasteiger partial charge < -0.3 is 36.2 Å². The minimum atomic E-state index is -3.99. The molecule has 0 fully saturated rings. The zero-order valence-electron chi connectivity index (χ0n) is 38.6. The molecule has 0 spiro atoms. The van der Waals surface area contributed by atoms with Crippen molar-refractivity contribution in [3.05, 3.63) is 103 Å². The molecule has 352 valence electrons. The third kappa shape index (κ3) is 16.7. The highest BCUT2D eigenvalue weighted by Gasteiger charge is 2.33. The Morgan fingerprint density at radius 3 is 1.65 bits per heavy atom. The van der Waals surface area contributed by atoms with Crippen LogP contribution in [0.25, 0.3) is 10.8 Å². The number of thioether (sulfide) groups is 1. The number of hydrogen-bond acceptors (Lipinski definition) is 10. The lowest BCUT2D eigenvalue weighted by Crippen LogP contribution is -2.58. The van der Waals surface area contributed by atoms with Gasteiger partial charge in [-0.15, -0.1) is 0 Å². The van der Waals surface area contributed by atoms with Crippen LogP contribution in [0.2, 0.25) is 0 Å². The third-order valence-electron chi connectivity index (χ3n) is 10.1. The van der Waals surface area contributed by atoms with Crippen LogP contribution in [0.1, 0.15) is 66.4 Å². The number of ether oxygens (including phenoxy) is 1. The summed E-state index contributed by atoms with van der Waals surface area (Å²) < 4.78 is 35.0. The molecule has 5 amide bonds. The number of anilines is 1. The summed E-state index contributed by atoms with van der Waals surface area (Å²) in [7, 11) is -0.218. The summed E-state index contributed by atoms with van der Waals surface area (Å²) in [6.07, 6.45) is -0.0596. The number of nitrogens with zero attached hydrogens (tertiary/aromatic N) is 1. The Labute approximate surface area is 388 Å². The molecule has 0 aliphatic heterocycles. The van der Waals surface area contributed by atoms with Crippen molar-refractivity contribution in [3.8, 4) is 0 Å². The van der Waals surface area contributed by atoms with Crippen molar-refractivity contribution in [2.24, 2.45) is 17.8 Å². The largest absolute Gasteiger partial charge is 0.445 e. The van der Waals surface area contributed by atoms with Gasteiger partial charge in [-0.2, -0.15) is 0 Å². The van der Waals surface area contributed by atoms with Gasteiger partial charge in [0.25, 0.3) is 5.91 Å². The lowest BCUT2D eigenvalue weighted by molar-refractivity contribution is -0.134. The molecule has 0 aliphatic rings. The van der Waals surface area contributed by atoms with E-state index in [2.05, 4.69) is 31.3 Å². The molecule has 0 radical (unpaired) electrons. The summed E-state index contributed by atoms with van der Waals surface area (Å²) in [6, 6.07) is 25.5. The number of rotatable bonds is 24. The number of benzene rings is 4. The summed E-state index contributed by atoms with van der Waals surface area (Å²) in [5, 5.41) is 14.0. The highest BCUT2D eigenvalue weighted by atomic mass is 32.2. The number of nitrogens with one attached hydrogen (secondary N) is 6. The van der Waals surface area contributed by atoms with Crippen LogP contribution in [0.15, 0.2) is 107 Å².